The minimum Gasteiger partial charge on any atom is -0.481 e. The molecule has 1 aliphatic rings. The number of carboxylic acid groups (broad SMARTS) is 1. The first-order chi connectivity index (χ1) is 19.2. The molecule has 210 valence electrons. The van der Waals surface area contributed by atoms with E-state index in [1.165, 1.54) is 18.4 Å². The van der Waals surface area contributed by atoms with E-state index < -0.39 is 24.0 Å². The molecule has 3 unspecified atom stereocenters. The molecule has 1 fully saturated rings. The van der Waals surface area contributed by atoms with Gasteiger partial charge in [-0.2, -0.15) is 0 Å². The minimum atomic E-state index is -1.03. The van der Waals surface area contributed by atoms with Gasteiger partial charge in [0.1, 0.15) is 0 Å². The second kappa shape index (κ2) is 12.6. The van der Waals surface area contributed by atoms with Crippen molar-refractivity contribution in [3.63, 3.8) is 0 Å². The summed E-state index contributed by atoms with van der Waals surface area (Å²) < 4.78 is 4.81. The van der Waals surface area contributed by atoms with Crippen LogP contribution in [0.5, 0.6) is 0 Å². The lowest BCUT2D eigenvalue weighted by Crippen LogP contribution is -2.58. The van der Waals surface area contributed by atoms with Crippen molar-refractivity contribution >= 4 is 46.6 Å². The van der Waals surface area contributed by atoms with Crippen LogP contribution in [0.2, 0.25) is 0 Å². The summed E-state index contributed by atoms with van der Waals surface area (Å²) in [6.45, 7) is 4.94. The fraction of sp³-hybridized carbons (Fsp3) is 0.310. The number of nitrogens with zero attached hydrogens (tertiary/aromatic N) is 2. The number of amides is 3. The molecule has 1 aliphatic heterocycles. The molecular weight excluding hydrogens is 532 g/mol. The van der Waals surface area contributed by atoms with Gasteiger partial charge in [-0.05, 0) is 55.6 Å². The number of hydrogen-bond acceptors (Lipinski definition) is 7. The molecule has 0 saturated carbocycles. The van der Waals surface area contributed by atoms with Crippen molar-refractivity contribution < 1.29 is 29.0 Å². The first-order valence-electron chi connectivity index (χ1n) is 12.9. The molecule has 0 radical (unpaired) electrons. The molecule has 1 aromatic heterocycles. The first kappa shape index (κ1) is 28.6. The van der Waals surface area contributed by atoms with Crippen molar-refractivity contribution in [2.24, 2.45) is 0 Å². The topological polar surface area (TPSA) is 128 Å². The fourth-order valence-electron chi connectivity index (χ4n) is 4.81. The van der Waals surface area contributed by atoms with Crippen LogP contribution < -0.4 is 15.5 Å². The van der Waals surface area contributed by atoms with Crippen LogP contribution >= 0.6 is 11.3 Å². The van der Waals surface area contributed by atoms with Crippen LogP contribution in [-0.2, 0) is 9.53 Å². The van der Waals surface area contributed by atoms with Crippen molar-refractivity contribution in [2.45, 2.75) is 38.4 Å². The van der Waals surface area contributed by atoms with Crippen molar-refractivity contribution in [1.29, 1.82) is 0 Å². The zero-order valence-electron chi connectivity index (χ0n) is 22.5. The van der Waals surface area contributed by atoms with Crippen LogP contribution in [-0.4, -0.2) is 66.2 Å². The molecular formula is C29H32N4O6S. The Kier molecular flexibility index (Phi) is 9.05. The Bertz CT molecular complexity index is 1360. The lowest BCUT2D eigenvalue weighted by molar-refractivity contribution is -0.137. The number of anilines is 2. The van der Waals surface area contributed by atoms with E-state index in [4.69, 9.17) is 4.74 Å². The zero-order valence-corrected chi connectivity index (χ0v) is 23.3. The van der Waals surface area contributed by atoms with Gasteiger partial charge in [-0.1, -0.05) is 24.3 Å². The van der Waals surface area contributed by atoms with Gasteiger partial charge in [0.25, 0.3) is 11.8 Å². The van der Waals surface area contributed by atoms with Gasteiger partial charge in [-0.3, -0.25) is 19.7 Å². The average molecular weight is 565 g/mol. The Hall–Kier alpha value is -4.38. The van der Waals surface area contributed by atoms with E-state index in [1.807, 2.05) is 42.3 Å². The molecule has 3 atom stereocenters. The van der Waals surface area contributed by atoms with E-state index in [1.54, 1.807) is 42.5 Å². The number of nitrogens with one attached hydrogen (secondary N) is 2. The number of thiophene rings is 1. The largest absolute Gasteiger partial charge is 0.481 e. The summed E-state index contributed by atoms with van der Waals surface area (Å²) in [4.78, 5) is 54.7. The van der Waals surface area contributed by atoms with E-state index in [2.05, 4.69) is 15.5 Å². The van der Waals surface area contributed by atoms with Gasteiger partial charge in [-0.25, -0.2) is 4.79 Å². The quantitative estimate of drug-likeness (QED) is 0.364. The van der Waals surface area contributed by atoms with Gasteiger partial charge < -0.3 is 25.0 Å². The van der Waals surface area contributed by atoms with Gasteiger partial charge >= 0.3 is 12.1 Å². The number of methoxy groups -OCH3 is 1. The molecule has 3 N–H and O–H groups in total. The summed E-state index contributed by atoms with van der Waals surface area (Å²) in [5.74, 6) is -1.55. The van der Waals surface area contributed by atoms with Crippen LogP contribution in [0, 0.1) is 0 Å². The third-order valence-corrected chi connectivity index (χ3v) is 7.81. The third-order valence-electron chi connectivity index (χ3n) is 6.83. The van der Waals surface area contributed by atoms with E-state index in [9.17, 15) is 24.3 Å². The molecule has 40 heavy (non-hydrogen) atoms. The Balaban J connectivity index is 1.58. The lowest BCUT2D eigenvalue weighted by Gasteiger charge is -2.45. The van der Waals surface area contributed by atoms with Crippen molar-refractivity contribution in [1.82, 2.24) is 10.2 Å². The lowest BCUT2D eigenvalue weighted by atomic mass is 10.0. The first-order valence-corrected chi connectivity index (χ1v) is 13.7. The van der Waals surface area contributed by atoms with Crippen molar-refractivity contribution in [3.05, 3.63) is 82.0 Å². The maximum atomic E-state index is 13.2. The molecule has 2 heterocycles. The molecule has 10 nitrogen and oxygen atoms in total. The van der Waals surface area contributed by atoms with Crippen LogP contribution in [0.15, 0.2) is 66.0 Å². The second-order valence-electron chi connectivity index (χ2n) is 9.66. The number of carbonyl (C=O) groups excluding carboxylic acids is 3. The molecule has 0 aliphatic carbocycles. The van der Waals surface area contributed by atoms with Crippen molar-refractivity contribution in [3.8, 4) is 0 Å². The predicted molar refractivity (Wildman–Crippen MR) is 153 cm³/mol. The zero-order chi connectivity index (χ0) is 28.8. The average Bonchev–Trinajstić information content (AvgIpc) is 3.49. The number of carboxylic acids is 1. The van der Waals surface area contributed by atoms with Crippen LogP contribution in [0.1, 0.15) is 51.9 Å². The van der Waals surface area contributed by atoms with Crippen LogP contribution in [0.4, 0.5) is 16.2 Å². The summed E-state index contributed by atoms with van der Waals surface area (Å²) in [6.07, 6.45) is -0.960. The summed E-state index contributed by atoms with van der Waals surface area (Å²) >= 11 is 1.36. The smallest absolute Gasteiger partial charge is 0.411 e. The van der Waals surface area contributed by atoms with Gasteiger partial charge in [0, 0.05) is 41.2 Å². The Morgan fingerprint density at radius 3 is 2.40 bits per heavy atom. The number of hydrogen-bond donors (Lipinski definition) is 3. The number of ether oxygens (including phenoxy) is 1. The maximum Gasteiger partial charge on any atom is 0.411 e. The highest BCUT2D eigenvalue weighted by atomic mass is 32.1. The summed E-state index contributed by atoms with van der Waals surface area (Å²) in [5, 5.41) is 16.7. The highest BCUT2D eigenvalue weighted by molar-refractivity contribution is 7.10. The number of aliphatic carboxylic acids is 1. The molecule has 11 heteroatoms. The molecule has 3 aromatic rings. The number of piperazine rings is 1. The van der Waals surface area contributed by atoms with E-state index in [0.717, 1.165) is 4.88 Å². The van der Waals surface area contributed by atoms with Gasteiger partial charge in [-0.15, -0.1) is 11.3 Å². The monoisotopic (exact) mass is 564 g/mol. The predicted octanol–water partition coefficient (Wildman–Crippen LogP) is 4.61. The number of carbonyl (C=O) groups is 4. The Morgan fingerprint density at radius 2 is 1.75 bits per heavy atom. The normalized spacial score (nSPS) is 17.6. The van der Waals surface area contributed by atoms with E-state index in [-0.39, 0.29) is 30.0 Å². The van der Waals surface area contributed by atoms with Crippen LogP contribution in [0.25, 0.3) is 0 Å². The molecule has 4 rings (SSSR count). The molecule has 2 aromatic carbocycles. The fourth-order valence-corrected chi connectivity index (χ4v) is 5.59. The van der Waals surface area contributed by atoms with E-state index >= 15 is 0 Å². The third kappa shape index (κ3) is 6.60. The maximum absolute atomic E-state index is 13.2. The Labute approximate surface area is 236 Å². The van der Waals surface area contributed by atoms with E-state index in [0.29, 0.717) is 30.0 Å². The second-order valence-corrected chi connectivity index (χ2v) is 10.6. The highest BCUT2D eigenvalue weighted by Crippen LogP contribution is 2.33. The molecule has 0 bridgehead atoms. The highest BCUT2D eigenvalue weighted by Gasteiger charge is 2.34. The van der Waals surface area contributed by atoms with Gasteiger partial charge in [0.05, 0.1) is 30.9 Å². The van der Waals surface area contributed by atoms with Crippen LogP contribution in [0.3, 0.4) is 0 Å². The van der Waals surface area contributed by atoms with Crippen molar-refractivity contribution in [2.75, 3.05) is 30.4 Å². The van der Waals surface area contributed by atoms with Gasteiger partial charge in [0.15, 0.2) is 0 Å². The van der Waals surface area contributed by atoms with Gasteiger partial charge in [0.2, 0.25) is 0 Å². The number of benzene rings is 2. The molecule has 0 spiro atoms. The standard InChI is InChI=1S/C29H32N4O6S/c1-18-17-33(28(37)20-8-5-4-6-9-20)19(2)16-32(18)24-12-11-21(14-22(24)31-29(38)39-3)27(36)30-23(15-26(34)35)25-10-7-13-40-25/h4-14,18-19,23H,15-17H2,1-3H3,(H,30,36)(H,31,38)(H,34,35). The minimum absolute atomic E-state index is 0.0406. The SMILES string of the molecule is COC(=O)Nc1cc(C(=O)NC(CC(=O)O)c2cccs2)ccc1N1CC(C)N(C(=O)c2ccccc2)CC1C. The molecule has 1 saturated heterocycles. The summed E-state index contributed by atoms with van der Waals surface area (Å²) in [5.41, 5.74) is 1.92. The summed E-state index contributed by atoms with van der Waals surface area (Å²) in [6, 6.07) is 16.7. The summed E-state index contributed by atoms with van der Waals surface area (Å²) in [7, 11) is 1.25. The Morgan fingerprint density at radius 1 is 1.00 bits per heavy atom. The number of rotatable bonds is 8. The molecule has 3 amide bonds.